The number of hydrogen-bond acceptors (Lipinski definition) is 12. The number of anilines is 1. The Bertz CT molecular complexity index is 1900. The van der Waals surface area contributed by atoms with Crippen molar-refractivity contribution in [3.05, 3.63) is 59.1 Å². The molecule has 1 N–H and O–H groups in total. The van der Waals surface area contributed by atoms with Crippen molar-refractivity contribution in [3.63, 3.8) is 0 Å². The summed E-state index contributed by atoms with van der Waals surface area (Å²) in [6.07, 6.45) is 3.39. The van der Waals surface area contributed by atoms with Crippen LogP contribution < -0.4 is 29.2 Å². The van der Waals surface area contributed by atoms with Crippen LogP contribution >= 0.6 is 0 Å². The van der Waals surface area contributed by atoms with Crippen molar-refractivity contribution >= 4 is 34.4 Å². The van der Waals surface area contributed by atoms with Gasteiger partial charge in [0, 0.05) is 87.6 Å². The molecule has 2 aliphatic heterocycles. The molecule has 3 amide bonds. The summed E-state index contributed by atoms with van der Waals surface area (Å²) in [4.78, 5) is 56.0. The predicted octanol–water partition coefficient (Wildman–Crippen LogP) is 3.48. The summed E-state index contributed by atoms with van der Waals surface area (Å²) in [6.45, 7) is 4.10. The molecule has 1 unspecified atom stereocenters. The van der Waals surface area contributed by atoms with Crippen LogP contribution in [0, 0.1) is 12.8 Å². The summed E-state index contributed by atoms with van der Waals surface area (Å²) in [6, 6.07) is 8.64. The number of carbonyl (C=O) groups is 3. The molecule has 270 valence electrons. The zero-order valence-corrected chi connectivity index (χ0v) is 29.6. The van der Waals surface area contributed by atoms with Gasteiger partial charge in [0.15, 0.2) is 17.2 Å². The number of aromatic nitrogens is 3. The smallest absolute Gasteiger partial charge is 0.276 e. The minimum atomic E-state index is -0.400. The highest BCUT2D eigenvalue weighted by molar-refractivity contribution is 5.95. The monoisotopic (exact) mass is 701 g/mol. The third-order valence-corrected chi connectivity index (χ3v) is 9.31. The van der Waals surface area contributed by atoms with Gasteiger partial charge in [-0.15, -0.1) is 0 Å². The average Bonchev–Trinajstić information content (AvgIpc) is 3.60. The van der Waals surface area contributed by atoms with Crippen LogP contribution in [0.5, 0.6) is 23.1 Å². The van der Waals surface area contributed by atoms with Crippen LogP contribution in [0.3, 0.4) is 0 Å². The van der Waals surface area contributed by atoms with Gasteiger partial charge in [-0.3, -0.25) is 14.4 Å². The summed E-state index contributed by atoms with van der Waals surface area (Å²) in [7, 11) is 6.17. The second-order valence-electron chi connectivity index (χ2n) is 12.6. The Kier molecular flexibility index (Phi) is 10.7. The Hall–Kier alpha value is -5.60. The number of hydrogen-bond donors (Lipinski definition) is 1. The summed E-state index contributed by atoms with van der Waals surface area (Å²) in [5, 5.41) is 7.69. The molecule has 1 atom stereocenters. The van der Waals surface area contributed by atoms with E-state index in [-0.39, 0.29) is 56.0 Å². The van der Waals surface area contributed by atoms with Crippen LogP contribution in [-0.2, 0) is 11.3 Å². The fourth-order valence-electron chi connectivity index (χ4n) is 6.67. The van der Waals surface area contributed by atoms with Gasteiger partial charge < -0.3 is 43.5 Å². The number of nitrogens with zero attached hydrogens (tertiary/aromatic N) is 6. The van der Waals surface area contributed by atoms with Crippen molar-refractivity contribution < 1.29 is 37.9 Å². The standard InChI is InChI=1S/C36H43N7O8/c1-22-15-28(40-51-22)36(46)41-12-10-30(44)37-18-23-7-6-11-42(20-23)34-25(16-26-27(39-34)17-29(47-2)33(50-5)32(26)49-4)21-43(14-13-41)35(45)24-8-9-31(48-3)38-19-24/h8-9,15-17,19,23H,6-7,10-14,18,20-21H2,1-5H3,(H,37,44). The number of amides is 3. The second-order valence-corrected chi connectivity index (χ2v) is 12.6. The summed E-state index contributed by atoms with van der Waals surface area (Å²) < 4.78 is 27.6. The van der Waals surface area contributed by atoms with Crippen molar-refractivity contribution in [1.29, 1.82) is 0 Å². The lowest BCUT2D eigenvalue weighted by atomic mass is 9.97. The number of pyridine rings is 2. The van der Waals surface area contributed by atoms with Gasteiger partial charge in [-0.25, -0.2) is 9.97 Å². The zero-order valence-electron chi connectivity index (χ0n) is 29.6. The molecule has 0 spiro atoms. The number of piperidine rings is 1. The molecule has 51 heavy (non-hydrogen) atoms. The number of rotatable bonds is 6. The van der Waals surface area contributed by atoms with E-state index >= 15 is 0 Å². The number of ether oxygens (including phenoxy) is 4. The Balaban J connectivity index is 1.48. The van der Waals surface area contributed by atoms with E-state index in [1.807, 2.05) is 12.1 Å². The summed E-state index contributed by atoms with van der Waals surface area (Å²) >= 11 is 0. The van der Waals surface area contributed by atoms with Crippen molar-refractivity contribution in [2.45, 2.75) is 32.7 Å². The van der Waals surface area contributed by atoms with E-state index in [1.165, 1.54) is 18.2 Å². The third kappa shape index (κ3) is 7.61. The minimum Gasteiger partial charge on any atom is -0.493 e. The first-order valence-electron chi connectivity index (χ1n) is 16.9. The average molecular weight is 702 g/mol. The maximum atomic E-state index is 14.3. The molecule has 1 saturated heterocycles. The van der Waals surface area contributed by atoms with Gasteiger partial charge in [0.05, 0.1) is 39.5 Å². The molecule has 5 heterocycles. The summed E-state index contributed by atoms with van der Waals surface area (Å²) in [5.74, 6) is 2.22. The first-order chi connectivity index (χ1) is 24.7. The molecule has 2 bridgehead atoms. The van der Waals surface area contributed by atoms with Crippen molar-refractivity contribution in [3.8, 4) is 23.1 Å². The SMILES string of the molecule is COc1ccc(C(=O)N2CCN(C(=O)c3cc(C)on3)CCC(=O)NCC3CCCN(C3)c3nc4cc(OC)c(OC)c(OC)c4cc3C2)cn1. The largest absolute Gasteiger partial charge is 0.493 e. The molecule has 3 aromatic heterocycles. The van der Waals surface area contributed by atoms with Crippen LogP contribution in [0.15, 0.2) is 41.1 Å². The van der Waals surface area contributed by atoms with Gasteiger partial charge in [-0.1, -0.05) is 5.16 Å². The number of benzene rings is 1. The van der Waals surface area contributed by atoms with E-state index in [4.69, 9.17) is 28.5 Å². The van der Waals surface area contributed by atoms with E-state index in [9.17, 15) is 14.4 Å². The number of aryl methyl sites for hydroxylation is 1. The zero-order chi connectivity index (χ0) is 36.1. The highest BCUT2D eigenvalue weighted by atomic mass is 16.5. The lowest BCUT2D eigenvalue weighted by Crippen LogP contribution is -2.42. The molecule has 0 saturated carbocycles. The molecule has 0 aliphatic carbocycles. The topological polar surface area (TPSA) is 162 Å². The van der Waals surface area contributed by atoms with Gasteiger partial charge in [0.1, 0.15) is 11.6 Å². The Morgan fingerprint density at radius 3 is 2.41 bits per heavy atom. The molecule has 4 aromatic rings. The maximum Gasteiger partial charge on any atom is 0.276 e. The minimum absolute atomic E-state index is 0.0893. The molecular weight excluding hydrogens is 658 g/mol. The van der Waals surface area contributed by atoms with Crippen LogP contribution in [0.25, 0.3) is 10.9 Å². The van der Waals surface area contributed by atoms with Crippen LogP contribution in [0.1, 0.15) is 51.4 Å². The van der Waals surface area contributed by atoms with E-state index < -0.39 is 5.91 Å². The van der Waals surface area contributed by atoms with Crippen LogP contribution in [0.2, 0.25) is 0 Å². The van der Waals surface area contributed by atoms with Gasteiger partial charge >= 0.3 is 0 Å². The van der Waals surface area contributed by atoms with Gasteiger partial charge in [-0.2, -0.15) is 0 Å². The molecule has 6 rings (SSSR count). The molecule has 0 radical (unpaired) electrons. The van der Waals surface area contributed by atoms with Gasteiger partial charge in [0.2, 0.25) is 17.5 Å². The van der Waals surface area contributed by atoms with Crippen molar-refractivity contribution in [2.24, 2.45) is 5.92 Å². The van der Waals surface area contributed by atoms with Crippen molar-refractivity contribution in [2.75, 3.05) is 72.6 Å². The Labute approximate surface area is 295 Å². The van der Waals surface area contributed by atoms with Crippen LogP contribution in [0.4, 0.5) is 5.82 Å². The number of nitrogens with one attached hydrogen (secondary N) is 1. The summed E-state index contributed by atoms with van der Waals surface area (Å²) in [5.41, 5.74) is 1.87. The predicted molar refractivity (Wildman–Crippen MR) is 187 cm³/mol. The maximum absolute atomic E-state index is 14.3. The fraction of sp³-hybridized carbons (Fsp3) is 0.444. The normalized spacial score (nSPS) is 17.2. The molecule has 1 aromatic carbocycles. The Morgan fingerprint density at radius 2 is 1.73 bits per heavy atom. The molecule has 1 fully saturated rings. The molecule has 15 nitrogen and oxygen atoms in total. The first kappa shape index (κ1) is 35.2. The van der Waals surface area contributed by atoms with E-state index in [0.717, 1.165) is 24.9 Å². The highest BCUT2D eigenvalue weighted by Gasteiger charge is 2.29. The second kappa shape index (κ2) is 15.5. The van der Waals surface area contributed by atoms with Crippen LogP contribution in [-0.4, -0.2) is 110 Å². The fourth-order valence-corrected chi connectivity index (χ4v) is 6.67. The lowest BCUT2D eigenvalue weighted by Gasteiger charge is -2.35. The van der Waals surface area contributed by atoms with Crippen molar-refractivity contribution in [1.82, 2.24) is 30.2 Å². The first-order valence-corrected chi connectivity index (χ1v) is 16.9. The lowest BCUT2D eigenvalue weighted by molar-refractivity contribution is -0.121. The molecule has 15 heteroatoms. The quantitative estimate of drug-likeness (QED) is 0.312. The van der Waals surface area contributed by atoms with E-state index in [1.54, 1.807) is 51.4 Å². The number of methoxy groups -OCH3 is 4. The Morgan fingerprint density at radius 1 is 0.922 bits per heavy atom. The number of fused-ring (bicyclic) bond motifs is 5. The van der Waals surface area contributed by atoms with Gasteiger partial charge in [-0.05, 0) is 37.8 Å². The number of carbonyl (C=O) groups excluding carboxylic acids is 3. The molecule has 2 aliphatic rings. The third-order valence-electron chi connectivity index (χ3n) is 9.31. The molecular formula is C36H43N7O8. The van der Waals surface area contributed by atoms with E-state index in [2.05, 4.69) is 20.4 Å². The van der Waals surface area contributed by atoms with E-state index in [0.29, 0.717) is 64.3 Å². The van der Waals surface area contributed by atoms with Gasteiger partial charge in [0.25, 0.3) is 11.8 Å². The highest BCUT2D eigenvalue weighted by Crippen LogP contribution is 2.44.